The molecule has 0 bridgehead atoms. The van der Waals surface area contributed by atoms with Gasteiger partial charge in [0.1, 0.15) is 0 Å². The van der Waals surface area contributed by atoms with E-state index in [1.165, 1.54) is 88.7 Å². The molecule has 0 amide bonds. The van der Waals surface area contributed by atoms with Crippen LogP contribution in [0, 0.1) is 0 Å². The fourth-order valence-electron chi connectivity index (χ4n) is 8.16. The van der Waals surface area contributed by atoms with Gasteiger partial charge in [-0.1, -0.05) is 158 Å². The van der Waals surface area contributed by atoms with Gasteiger partial charge in [0, 0.05) is 22.4 Å². The number of fused-ring (bicyclic) bond motifs is 6. The van der Waals surface area contributed by atoms with Gasteiger partial charge in [0.25, 0.3) is 0 Å². The summed E-state index contributed by atoms with van der Waals surface area (Å²) >= 11 is 0. The average Bonchev–Trinajstić information content (AvgIpc) is 3.71. The Kier molecular flexibility index (Phi) is 6.63. The van der Waals surface area contributed by atoms with E-state index >= 15 is 0 Å². The minimum absolute atomic E-state index is 0.200. The van der Waals surface area contributed by atoms with Gasteiger partial charge >= 0.3 is 0 Å². The van der Waals surface area contributed by atoms with E-state index < -0.39 is 0 Å². The molecule has 0 saturated heterocycles. The molecule has 0 saturated carbocycles. The summed E-state index contributed by atoms with van der Waals surface area (Å²) in [6.45, 7) is 0. The minimum atomic E-state index is 0.200. The standard InChI is InChI=1S/C49H33N/c1-3-13-33(14-4-1)35-17-11-19-39(29-35)49-43-23-8-7-21-41(43)45-31-37(25-27-44(45)49)38-26-28-48-46(32-38)42-22-9-10-24-47(42)50(48)40-20-12-18-36(30-40)34-15-5-2-6-16-34/h1-32,49H. The van der Waals surface area contributed by atoms with Gasteiger partial charge in [-0.25, -0.2) is 0 Å². The lowest BCUT2D eigenvalue weighted by atomic mass is 9.87. The molecular formula is C49H33N. The van der Waals surface area contributed by atoms with Crippen LogP contribution in [0.3, 0.4) is 0 Å². The monoisotopic (exact) mass is 635 g/mol. The van der Waals surface area contributed by atoms with Crippen LogP contribution >= 0.6 is 0 Å². The smallest absolute Gasteiger partial charge is 0.0541 e. The average molecular weight is 636 g/mol. The van der Waals surface area contributed by atoms with Gasteiger partial charge in [0.2, 0.25) is 0 Å². The second-order valence-electron chi connectivity index (χ2n) is 13.3. The van der Waals surface area contributed by atoms with Crippen molar-refractivity contribution < 1.29 is 0 Å². The Bertz CT molecular complexity index is 2700. The molecule has 0 N–H and O–H groups in total. The van der Waals surface area contributed by atoms with Crippen LogP contribution in [0.2, 0.25) is 0 Å². The van der Waals surface area contributed by atoms with Crippen molar-refractivity contribution in [3.05, 3.63) is 211 Å². The highest BCUT2D eigenvalue weighted by molar-refractivity contribution is 6.10. The fraction of sp³-hybridized carbons (Fsp3) is 0.0204. The van der Waals surface area contributed by atoms with Crippen LogP contribution in [0.4, 0.5) is 0 Å². The topological polar surface area (TPSA) is 4.93 Å². The highest BCUT2D eigenvalue weighted by Gasteiger charge is 2.30. The molecule has 0 radical (unpaired) electrons. The SMILES string of the molecule is c1ccc(-c2cccc(C3c4ccccc4-c4cc(-c5ccc6c(c5)c5ccccc5n6-c5cccc(-c6ccccc6)c5)ccc43)c2)cc1. The Morgan fingerprint density at radius 1 is 0.320 bits per heavy atom. The molecule has 0 aliphatic heterocycles. The third-order valence-corrected chi connectivity index (χ3v) is 10.5. The van der Waals surface area contributed by atoms with Gasteiger partial charge in [-0.2, -0.15) is 0 Å². The Labute approximate surface area is 292 Å². The molecule has 1 aromatic heterocycles. The van der Waals surface area contributed by atoms with Gasteiger partial charge in [-0.15, -0.1) is 0 Å². The third-order valence-electron chi connectivity index (χ3n) is 10.5. The number of benzene rings is 8. The van der Waals surface area contributed by atoms with Crippen molar-refractivity contribution in [2.24, 2.45) is 0 Å². The molecular weight excluding hydrogens is 603 g/mol. The number of para-hydroxylation sites is 1. The van der Waals surface area contributed by atoms with Crippen LogP contribution in [0.15, 0.2) is 194 Å². The quantitative estimate of drug-likeness (QED) is 0.177. The fourth-order valence-corrected chi connectivity index (χ4v) is 8.16. The second-order valence-corrected chi connectivity index (χ2v) is 13.3. The van der Waals surface area contributed by atoms with Crippen molar-refractivity contribution in [3.8, 4) is 50.2 Å². The molecule has 0 fully saturated rings. The molecule has 0 spiro atoms. The first-order chi connectivity index (χ1) is 24.8. The number of rotatable bonds is 5. The molecule has 1 unspecified atom stereocenters. The summed E-state index contributed by atoms with van der Waals surface area (Å²) in [4.78, 5) is 0. The molecule has 1 heterocycles. The molecule has 1 heteroatoms. The Morgan fingerprint density at radius 3 is 1.72 bits per heavy atom. The van der Waals surface area contributed by atoms with Gasteiger partial charge in [-0.3, -0.25) is 0 Å². The largest absolute Gasteiger partial charge is 0.309 e. The molecule has 8 aromatic carbocycles. The molecule has 1 nitrogen and oxygen atoms in total. The zero-order valence-electron chi connectivity index (χ0n) is 27.5. The number of hydrogen-bond donors (Lipinski definition) is 0. The second kappa shape index (κ2) is 11.6. The first-order valence-corrected chi connectivity index (χ1v) is 17.4. The maximum atomic E-state index is 2.42. The molecule has 10 rings (SSSR count). The van der Waals surface area contributed by atoms with E-state index in [1.807, 2.05) is 0 Å². The highest BCUT2D eigenvalue weighted by Crippen LogP contribution is 2.49. The summed E-state index contributed by atoms with van der Waals surface area (Å²) in [6.07, 6.45) is 0. The normalized spacial score (nSPS) is 13.4. The van der Waals surface area contributed by atoms with E-state index in [-0.39, 0.29) is 5.92 Å². The zero-order valence-corrected chi connectivity index (χ0v) is 27.5. The maximum Gasteiger partial charge on any atom is 0.0541 e. The molecule has 1 atom stereocenters. The lowest BCUT2D eigenvalue weighted by Gasteiger charge is -2.16. The summed E-state index contributed by atoms with van der Waals surface area (Å²) in [6, 6.07) is 71.1. The van der Waals surface area contributed by atoms with Crippen molar-refractivity contribution in [2.75, 3.05) is 0 Å². The molecule has 9 aromatic rings. The number of nitrogens with zero attached hydrogens (tertiary/aromatic N) is 1. The van der Waals surface area contributed by atoms with Crippen LogP contribution in [0.25, 0.3) is 72.0 Å². The van der Waals surface area contributed by atoms with Crippen molar-refractivity contribution >= 4 is 21.8 Å². The van der Waals surface area contributed by atoms with Crippen LogP contribution in [-0.2, 0) is 0 Å². The van der Waals surface area contributed by atoms with Crippen molar-refractivity contribution in [3.63, 3.8) is 0 Å². The summed E-state index contributed by atoms with van der Waals surface area (Å²) in [5.41, 5.74) is 17.7. The van der Waals surface area contributed by atoms with Crippen LogP contribution in [0.5, 0.6) is 0 Å². The predicted octanol–water partition coefficient (Wildman–Crippen LogP) is 12.9. The summed E-state index contributed by atoms with van der Waals surface area (Å²) in [7, 11) is 0. The third kappa shape index (κ3) is 4.63. The van der Waals surface area contributed by atoms with E-state index in [1.54, 1.807) is 0 Å². The summed E-state index contributed by atoms with van der Waals surface area (Å²) in [5.74, 6) is 0.200. The Morgan fingerprint density at radius 2 is 0.900 bits per heavy atom. The van der Waals surface area contributed by atoms with E-state index in [0.717, 1.165) is 0 Å². The van der Waals surface area contributed by atoms with Crippen LogP contribution in [0.1, 0.15) is 22.6 Å². The lowest BCUT2D eigenvalue weighted by molar-refractivity contribution is 1.02. The summed E-state index contributed by atoms with van der Waals surface area (Å²) < 4.78 is 2.41. The molecule has 1 aliphatic rings. The first kappa shape index (κ1) is 28.6. The van der Waals surface area contributed by atoms with Gasteiger partial charge < -0.3 is 4.57 Å². The van der Waals surface area contributed by atoms with E-state index in [4.69, 9.17) is 0 Å². The number of aromatic nitrogens is 1. The van der Waals surface area contributed by atoms with Gasteiger partial charge in [0.05, 0.1) is 11.0 Å². The Balaban J connectivity index is 1.09. The molecule has 234 valence electrons. The van der Waals surface area contributed by atoms with E-state index in [2.05, 4.69) is 199 Å². The van der Waals surface area contributed by atoms with E-state index in [0.29, 0.717) is 0 Å². The first-order valence-electron chi connectivity index (χ1n) is 17.4. The van der Waals surface area contributed by atoms with Crippen molar-refractivity contribution in [1.82, 2.24) is 4.57 Å². The number of hydrogen-bond acceptors (Lipinski definition) is 0. The van der Waals surface area contributed by atoms with Gasteiger partial charge in [-0.05, 0) is 97.6 Å². The summed E-state index contributed by atoms with van der Waals surface area (Å²) in [5, 5.41) is 2.53. The molecule has 50 heavy (non-hydrogen) atoms. The van der Waals surface area contributed by atoms with Crippen LogP contribution in [-0.4, -0.2) is 4.57 Å². The predicted molar refractivity (Wildman–Crippen MR) is 210 cm³/mol. The van der Waals surface area contributed by atoms with Crippen LogP contribution < -0.4 is 0 Å². The lowest BCUT2D eigenvalue weighted by Crippen LogP contribution is -1.99. The molecule has 1 aliphatic carbocycles. The highest BCUT2D eigenvalue weighted by atomic mass is 15.0. The minimum Gasteiger partial charge on any atom is -0.309 e. The zero-order chi connectivity index (χ0) is 33.0. The van der Waals surface area contributed by atoms with Gasteiger partial charge in [0.15, 0.2) is 0 Å². The Hall–Kier alpha value is -6.44. The van der Waals surface area contributed by atoms with E-state index in [9.17, 15) is 0 Å². The van der Waals surface area contributed by atoms with Crippen molar-refractivity contribution in [1.29, 1.82) is 0 Å². The maximum absolute atomic E-state index is 2.42. The van der Waals surface area contributed by atoms with Crippen molar-refractivity contribution in [2.45, 2.75) is 5.92 Å².